The predicted octanol–water partition coefficient (Wildman–Crippen LogP) is 1.78. The van der Waals surface area contributed by atoms with Crippen LogP contribution in [-0.4, -0.2) is 80.0 Å². The third kappa shape index (κ3) is 12.7. The van der Waals surface area contributed by atoms with Crippen LogP contribution in [0.3, 0.4) is 0 Å². The highest BCUT2D eigenvalue weighted by molar-refractivity contribution is 5.91. The summed E-state index contributed by atoms with van der Waals surface area (Å²) >= 11 is 0. The van der Waals surface area contributed by atoms with Crippen LogP contribution in [0.15, 0.2) is 60.7 Å². The van der Waals surface area contributed by atoms with Crippen LogP contribution in [0.1, 0.15) is 24.0 Å². The Hall–Kier alpha value is -3.76. The van der Waals surface area contributed by atoms with Crippen LogP contribution in [0.2, 0.25) is 0 Å². The number of benzene rings is 2. The van der Waals surface area contributed by atoms with Gasteiger partial charge in [-0.1, -0.05) is 60.7 Å². The zero-order chi connectivity index (χ0) is 27.1. The van der Waals surface area contributed by atoms with Crippen LogP contribution in [0.5, 0.6) is 0 Å². The molecular weight excluding hydrogens is 482 g/mol. The van der Waals surface area contributed by atoms with Crippen LogP contribution in [-0.2, 0) is 51.3 Å². The Morgan fingerprint density at radius 3 is 1.68 bits per heavy atom. The molecule has 0 amide bonds. The average Bonchev–Trinajstić information content (AvgIpc) is 2.86. The summed E-state index contributed by atoms with van der Waals surface area (Å²) in [4.78, 5) is 48.5. The second-order valence-electron chi connectivity index (χ2n) is 9.01. The Morgan fingerprint density at radius 1 is 0.730 bits per heavy atom. The number of rotatable bonds is 15. The second kappa shape index (κ2) is 15.4. The van der Waals surface area contributed by atoms with Gasteiger partial charge >= 0.3 is 23.9 Å². The molecular formula is C27H34NO9+. The van der Waals surface area contributed by atoms with Crippen LogP contribution in [0, 0.1) is 0 Å². The van der Waals surface area contributed by atoms with Crippen molar-refractivity contribution >= 4 is 23.9 Å². The lowest BCUT2D eigenvalue weighted by Gasteiger charge is -2.32. The van der Waals surface area contributed by atoms with Gasteiger partial charge in [0.1, 0.15) is 45.8 Å². The van der Waals surface area contributed by atoms with E-state index in [-0.39, 0.29) is 37.5 Å². The van der Waals surface area contributed by atoms with Gasteiger partial charge in [-0.15, -0.1) is 0 Å². The number of aliphatic hydroxyl groups excluding tert-OH is 1. The molecule has 1 unspecified atom stereocenters. The van der Waals surface area contributed by atoms with Crippen molar-refractivity contribution in [2.24, 2.45) is 0 Å². The summed E-state index contributed by atoms with van der Waals surface area (Å²) in [5.41, 5.74) is 1.56. The summed E-state index contributed by atoms with van der Waals surface area (Å²) in [6.07, 6.45) is -2.13. The van der Waals surface area contributed by atoms with E-state index in [9.17, 15) is 24.3 Å². The Labute approximate surface area is 216 Å². The van der Waals surface area contributed by atoms with Crippen molar-refractivity contribution in [2.75, 3.05) is 40.4 Å². The molecule has 0 aliphatic rings. The van der Waals surface area contributed by atoms with Crippen molar-refractivity contribution in [3.8, 4) is 0 Å². The van der Waals surface area contributed by atoms with E-state index in [1.807, 2.05) is 12.1 Å². The monoisotopic (exact) mass is 516 g/mol. The Morgan fingerprint density at radius 2 is 1.19 bits per heavy atom. The first-order valence-corrected chi connectivity index (χ1v) is 11.8. The van der Waals surface area contributed by atoms with E-state index in [4.69, 9.17) is 18.9 Å². The van der Waals surface area contributed by atoms with Gasteiger partial charge in [0.2, 0.25) is 0 Å². The lowest BCUT2D eigenvalue weighted by Crippen LogP contribution is -2.49. The molecule has 0 saturated carbocycles. The van der Waals surface area contributed by atoms with Crippen molar-refractivity contribution in [3.05, 3.63) is 71.8 Å². The largest absolute Gasteiger partial charge is 0.461 e. The summed E-state index contributed by atoms with van der Waals surface area (Å²) < 4.78 is 21.0. The molecule has 0 fully saturated rings. The smallest absolute Gasteiger partial charge is 0.317 e. The number of quaternary nitrogens is 1. The molecule has 2 rings (SSSR count). The van der Waals surface area contributed by atoms with E-state index in [2.05, 4.69) is 0 Å². The third-order valence-corrected chi connectivity index (χ3v) is 5.19. The number of likely N-dealkylation sites (N-methyl/N-ethyl adjacent to an activating group) is 1. The van der Waals surface area contributed by atoms with Crippen molar-refractivity contribution < 1.29 is 47.7 Å². The molecule has 0 saturated heterocycles. The minimum atomic E-state index is -0.916. The molecule has 0 heterocycles. The fourth-order valence-corrected chi connectivity index (χ4v) is 3.32. The third-order valence-electron chi connectivity index (χ3n) is 5.19. The van der Waals surface area contributed by atoms with Gasteiger partial charge in [-0.25, -0.2) is 0 Å². The summed E-state index contributed by atoms with van der Waals surface area (Å²) in [5, 5.41) is 9.30. The molecule has 0 aliphatic heterocycles. The lowest BCUT2D eigenvalue weighted by molar-refractivity contribution is -0.893. The van der Waals surface area contributed by atoms with E-state index in [1.165, 1.54) is 0 Å². The molecule has 1 atom stereocenters. The van der Waals surface area contributed by atoms with Gasteiger partial charge in [-0.2, -0.15) is 0 Å². The van der Waals surface area contributed by atoms with E-state index < -0.39 is 42.8 Å². The van der Waals surface area contributed by atoms with Crippen molar-refractivity contribution in [1.29, 1.82) is 0 Å². The summed E-state index contributed by atoms with van der Waals surface area (Å²) in [7, 11) is 3.60. The molecule has 10 nitrogen and oxygen atoms in total. The van der Waals surface area contributed by atoms with Gasteiger partial charge in [0.25, 0.3) is 0 Å². The fraction of sp³-hybridized carbons (Fsp3) is 0.407. The number of hydrogen-bond acceptors (Lipinski definition) is 9. The van der Waals surface area contributed by atoms with Crippen LogP contribution in [0.25, 0.3) is 0 Å². The van der Waals surface area contributed by atoms with Crippen molar-refractivity contribution in [3.63, 3.8) is 0 Å². The first-order chi connectivity index (χ1) is 17.7. The highest BCUT2D eigenvalue weighted by atomic mass is 16.6. The topological polar surface area (TPSA) is 125 Å². The van der Waals surface area contributed by atoms with Crippen LogP contribution >= 0.6 is 0 Å². The number of esters is 4. The van der Waals surface area contributed by atoms with Gasteiger partial charge in [0.05, 0.1) is 20.7 Å². The molecule has 0 aromatic heterocycles. The fourth-order valence-electron chi connectivity index (χ4n) is 3.32. The number of carbonyl (C=O) groups is 4. The lowest BCUT2D eigenvalue weighted by atomic mass is 10.2. The van der Waals surface area contributed by atoms with Crippen LogP contribution in [0.4, 0.5) is 0 Å². The van der Waals surface area contributed by atoms with E-state index in [0.717, 1.165) is 11.1 Å². The van der Waals surface area contributed by atoms with Gasteiger partial charge in [-0.3, -0.25) is 19.2 Å². The molecule has 37 heavy (non-hydrogen) atoms. The first kappa shape index (κ1) is 29.5. The maximum atomic E-state index is 12.4. The van der Waals surface area contributed by atoms with E-state index >= 15 is 0 Å². The quantitative estimate of drug-likeness (QED) is 0.163. The van der Waals surface area contributed by atoms with Gasteiger partial charge in [0, 0.05) is 0 Å². The minimum Gasteiger partial charge on any atom is -0.461 e. The zero-order valence-corrected chi connectivity index (χ0v) is 21.2. The normalized spacial score (nSPS) is 11.8. The predicted molar refractivity (Wildman–Crippen MR) is 131 cm³/mol. The van der Waals surface area contributed by atoms with Gasteiger partial charge < -0.3 is 28.5 Å². The molecule has 0 bridgehead atoms. The molecule has 1 N–H and O–H groups in total. The maximum Gasteiger partial charge on any atom is 0.317 e. The highest BCUT2D eigenvalue weighted by Gasteiger charge is 2.28. The van der Waals surface area contributed by atoms with Gasteiger partial charge in [0.15, 0.2) is 6.10 Å². The first-order valence-electron chi connectivity index (χ1n) is 11.8. The van der Waals surface area contributed by atoms with E-state index in [1.54, 1.807) is 62.6 Å². The number of aliphatic hydroxyl groups is 1. The average molecular weight is 517 g/mol. The maximum absolute atomic E-state index is 12.4. The molecule has 2 aromatic rings. The van der Waals surface area contributed by atoms with Crippen LogP contribution < -0.4 is 0 Å². The highest BCUT2D eigenvalue weighted by Crippen LogP contribution is 2.08. The van der Waals surface area contributed by atoms with E-state index in [0.29, 0.717) is 6.54 Å². The Kier molecular flexibility index (Phi) is 12.2. The molecule has 2 aromatic carbocycles. The number of ether oxygens (including phenoxy) is 4. The molecule has 0 radical (unpaired) electrons. The summed E-state index contributed by atoms with van der Waals surface area (Å²) in [6.45, 7) is 0.161. The zero-order valence-electron chi connectivity index (χ0n) is 21.2. The van der Waals surface area contributed by atoms with Crippen molar-refractivity contribution in [2.45, 2.75) is 32.2 Å². The summed E-state index contributed by atoms with van der Waals surface area (Å²) in [5.74, 6) is -3.19. The van der Waals surface area contributed by atoms with Gasteiger partial charge in [-0.05, 0) is 11.1 Å². The van der Waals surface area contributed by atoms with Crippen molar-refractivity contribution in [1.82, 2.24) is 0 Å². The molecule has 10 heteroatoms. The molecule has 200 valence electrons. The summed E-state index contributed by atoms with van der Waals surface area (Å²) in [6, 6.07) is 18.0. The molecule has 0 spiro atoms. The number of carbonyl (C=O) groups excluding carboxylic acids is 4. The minimum absolute atomic E-state index is 0.0226. The second-order valence-corrected chi connectivity index (χ2v) is 9.01. The standard InChI is InChI=1S/C27H34NO9/c1-28(2,13-14-29)17-23(37-27(33)16-26(32)35-19-22-11-7-4-8-12-22)20-36-25(31)15-24(30)34-18-21-9-5-3-6-10-21/h3-12,23,29H,13-20H2,1-2H3/q+1. The molecule has 0 aliphatic carbocycles. The number of nitrogens with zero attached hydrogens (tertiary/aromatic N) is 1. The Bertz CT molecular complexity index is 1010. The number of hydrogen-bond donors (Lipinski definition) is 1. The SMILES string of the molecule is C[N+](C)(CCO)CC(COC(=O)CC(=O)OCc1ccccc1)OC(=O)CC(=O)OCc1ccccc1. The Balaban J connectivity index is 1.83.